The van der Waals surface area contributed by atoms with E-state index in [-0.39, 0.29) is 11.6 Å². The van der Waals surface area contributed by atoms with Gasteiger partial charge in [-0.15, -0.1) is 10.2 Å². The summed E-state index contributed by atoms with van der Waals surface area (Å²) in [6.45, 7) is 5.94. The van der Waals surface area contributed by atoms with Gasteiger partial charge in [-0.1, -0.05) is 23.8 Å². The smallest absolute Gasteiger partial charge is 0.274 e. The molecule has 2 heterocycles. The van der Waals surface area contributed by atoms with Gasteiger partial charge in [0.1, 0.15) is 0 Å². The number of fused-ring (bicyclic) bond motifs is 1. The van der Waals surface area contributed by atoms with E-state index >= 15 is 0 Å². The standard InChI is InChI=1S/C19H20N4O2/c1-11(2)23-19(24)15-7-5-4-6-14(15)17(22-23)18-21-20-16(25-18)10-12(3)13-8-9-13/h4-7,10-11,13H,8-9H2,1-3H3. The van der Waals surface area contributed by atoms with E-state index < -0.39 is 0 Å². The zero-order valence-electron chi connectivity index (χ0n) is 14.6. The average molecular weight is 336 g/mol. The molecular weight excluding hydrogens is 316 g/mol. The molecule has 0 spiro atoms. The van der Waals surface area contributed by atoms with Crippen molar-refractivity contribution in [1.29, 1.82) is 0 Å². The van der Waals surface area contributed by atoms with Crippen LogP contribution in [0.4, 0.5) is 0 Å². The Morgan fingerprint density at radius 2 is 1.96 bits per heavy atom. The van der Waals surface area contributed by atoms with Gasteiger partial charge in [0.25, 0.3) is 11.4 Å². The fraction of sp³-hybridized carbons (Fsp3) is 0.368. The minimum Gasteiger partial charge on any atom is -0.415 e. The first-order valence-corrected chi connectivity index (χ1v) is 8.58. The summed E-state index contributed by atoms with van der Waals surface area (Å²) in [7, 11) is 0. The van der Waals surface area contributed by atoms with Crippen molar-refractivity contribution in [2.45, 2.75) is 39.7 Å². The predicted molar refractivity (Wildman–Crippen MR) is 96.1 cm³/mol. The lowest BCUT2D eigenvalue weighted by Crippen LogP contribution is -2.25. The predicted octanol–water partition coefficient (Wildman–Crippen LogP) is 3.84. The molecule has 0 aliphatic heterocycles. The van der Waals surface area contributed by atoms with Crippen molar-refractivity contribution in [3.05, 3.63) is 46.1 Å². The SMILES string of the molecule is CC(=Cc1nnc(-c2nn(C(C)C)c(=O)c3ccccc23)o1)C1CC1. The summed E-state index contributed by atoms with van der Waals surface area (Å²) in [5.41, 5.74) is 1.69. The number of rotatable bonds is 4. The second kappa shape index (κ2) is 5.95. The summed E-state index contributed by atoms with van der Waals surface area (Å²) in [6.07, 6.45) is 4.40. The van der Waals surface area contributed by atoms with Gasteiger partial charge in [-0.3, -0.25) is 4.79 Å². The Hall–Kier alpha value is -2.76. The lowest BCUT2D eigenvalue weighted by Gasteiger charge is -2.11. The largest absolute Gasteiger partial charge is 0.415 e. The molecule has 0 N–H and O–H groups in total. The molecule has 1 aromatic carbocycles. The van der Waals surface area contributed by atoms with Crippen LogP contribution in [0.3, 0.4) is 0 Å². The third-order valence-corrected chi connectivity index (χ3v) is 4.53. The van der Waals surface area contributed by atoms with E-state index in [0.29, 0.717) is 28.8 Å². The molecule has 128 valence electrons. The molecule has 0 saturated heterocycles. The minimum absolute atomic E-state index is 0.0599. The maximum Gasteiger partial charge on any atom is 0.274 e. The minimum atomic E-state index is -0.112. The third-order valence-electron chi connectivity index (χ3n) is 4.53. The van der Waals surface area contributed by atoms with Crippen LogP contribution in [0.15, 0.2) is 39.1 Å². The maximum atomic E-state index is 12.6. The molecule has 1 aliphatic rings. The molecular formula is C19H20N4O2. The Bertz CT molecular complexity index is 1030. The first-order chi connectivity index (χ1) is 12.0. The highest BCUT2D eigenvalue weighted by atomic mass is 16.4. The van der Waals surface area contributed by atoms with Gasteiger partial charge in [0.2, 0.25) is 5.89 Å². The molecule has 2 aromatic heterocycles. The van der Waals surface area contributed by atoms with Crippen molar-refractivity contribution in [3.8, 4) is 11.6 Å². The fourth-order valence-electron chi connectivity index (χ4n) is 2.95. The lowest BCUT2D eigenvalue weighted by molar-refractivity contribution is 0.501. The Morgan fingerprint density at radius 1 is 1.24 bits per heavy atom. The first kappa shape index (κ1) is 15.7. The number of aromatic nitrogens is 4. The lowest BCUT2D eigenvalue weighted by atomic mass is 10.1. The molecule has 0 amide bonds. The van der Waals surface area contributed by atoms with E-state index in [1.54, 1.807) is 6.07 Å². The van der Waals surface area contributed by atoms with E-state index in [9.17, 15) is 4.79 Å². The Labute approximate surface area is 145 Å². The number of allylic oxidation sites excluding steroid dienone is 1. The van der Waals surface area contributed by atoms with Crippen molar-refractivity contribution in [2.75, 3.05) is 0 Å². The summed E-state index contributed by atoms with van der Waals surface area (Å²) in [5, 5.41) is 14.1. The fourth-order valence-corrected chi connectivity index (χ4v) is 2.95. The van der Waals surface area contributed by atoms with Crippen LogP contribution in [0, 0.1) is 5.92 Å². The molecule has 1 aliphatic carbocycles. The molecule has 25 heavy (non-hydrogen) atoms. The van der Waals surface area contributed by atoms with Gasteiger partial charge in [0, 0.05) is 11.5 Å². The summed E-state index contributed by atoms with van der Waals surface area (Å²) in [4.78, 5) is 12.6. The first-order valence-electron chi connectivity index (χ1n) is 8.58. The van der Waals surface area contributed by atoms with Gasteiger partial charge in [-0.2, -0.15) is 5.10 Å². The second-order valence-corrected chi connectivity index (χ2v) is 6.85. The van der Waals surface area contributed by atoms with Crippen LogP contribution in [0.5, 0.6) is 0 Å². The van der Waals surface area contributed by atoms with Gasteiger partial charge in [0.05, 0.1) is 11.4 Å². The van der Waals surface area contributed by atoms with Crippen LogP contribution in [-0.4, -0.2) is 20.0 Å². The van der Waals surface area contributed by atoms with Crippen LogP contribution in [-0.2, 0) is 0 Å². The van der Waals surface area contributed by atoms with Crippen LogP contribution in [0.1, 0.15) is 45.5 Å². The molecule has 6 nitrogen and oxygen atoms in total. The summed E-state index contributed by atoms with van der Waals surface area (Å²) < 4.78 is 7.29. The molecule has 0 unspecified atom stereocenters. The average Bonchev–Trinajstić information content (AvgIpc) is 3.36. The summed E-state index contributed by atoms with van der Waals surface area (Å²) in [6, 6.07) is 7.32. The van der Waals surface area contributed by atoms with E-state index in [1.165, 1.54) is 23.1 Å². The van der Waals surface area contributed by atoms with E-state index in [4.69, 9.17) is 4.42 Å². The Balaban J connectivity index is 1.86. The van der Waals surface area contributed by atoms with Crippen molar-refractivity contribution in [1.82, 2.24) is 20.0 Å². The van der Waals surface area contributed by atoms with Gasteiger partial charge in [-0.25, -0.2) is 4.68 Å². The van der Waals surface area contributed by atoms with Crippen LogP contribution >= 0.6 is 0 Å². The van der Waals surface area contributed by atoms with Gasteiger partial charge >= 0.3 is 0 Å². The van der Waals surface area contributed by atoms with Gasteiger partial charge in [0.15, 0.2) is 5.69 Å². The number of hydrogen-bond donors (Lipinski definition) is 0. The number of benzene rings is 1. The van der Waals surface area contributed by atoms with Crippen LogP contribution in [0.25, 0.3) is 28.4 Å². The molecule has 0 atom stereocenters. The molecule has 6 heteroatoms. The monoisotopic (exact) mass is 336 g/mol. The van der Waals surface area contributed by atoms with Crippen molar-refractivity contribution in [2.24, 2.45) is 5.92 Å². The Kier molecular flexibility index (Phi) is 3.75. The molecule has 1 fully saturated rings. The Morgan fingerprint density at radius 3 is 2.64 bits per heavy atom. The zero-order valence-corrected chi connectivity index (χ0v) is 14.6. The van der Waals surface area contributed by atoms with Crippen LogP contribution in [0.2, 0.25) is 0 Å². The van der Waals surface area contributed by atoms with Crippen molar-refractivity contribution < 1.29 is 4.42 Å². The van der Waals surface area contributed by atoms with E-state index in [1.807, 2.05) is 38.1 Å². The molecule has 0 bridgehead atoms. The third kappa shape index (κ3) is 2.88. The molecule has 1 saturated carbocycles. The van der Waals surface area contributed by atoms with Crippen molar-refractivity contribution in [3.63, 3.8) is 0 Å². The second-order valence-electron chi connectivity index (χ2n) is 6.85. The van der Waals surface area contributed by atoms with Crippen molar-refractivity contribution >= 4 is 16.8 Å². The van der Waals surface area contributed by atoms with E-state index in [0.717, 1.165) is 5.39 Å². The number of nitrogens with zero attached hydrogens (tertiary/aromatic N) is 4. The maximum absolute atomic E-state index is 12.6. The molecule has 0 radical (unpaired) electrons. The molecule has 3 aromatic rings. The quantitative estimate of drug-likeness (QED) is 0.723. The van der Waals surface area contributed by atoms with Gasteiger partial charge in [-0.05, 0) is 45.6 Å². The van der Waals surface area contributed by atoms with E-state index in [2.05, 4.69) is 22.2 Å². The summed E-state index contributed by atoms with van der Waals surface area (Å²) >= 11 is 0. The highest BCUT2D eigenvalue weighted by Gasteiger charge is 2.24. The highest BCUT2D eigenvalue weighted by molar-refractivity contribution is 5.91. The van der Waals surface area contributed by atoms with Crippen LogP contribution < -0.4 is 5.56 Å². The highest BCUT2D eigenvalue weighted by Crippen LogP contribution is 2.37. The molecule has 4 rings (SSSR count). The zero-order chi connectivity index (χ0) is 17.6. The topological polar surface area (TPSA) is 73.8 Å². The van der Waals surface area contributed by atoms with Gasteiger partial charge < -0.3 is 4.42 Å². The summed E-state index contributed by atoms with van der Waals surface area (Å²) in [5.74, 6) is 1.46. The number of hydrogen-bond acceptors (Lipinski definition) is 5. The normalized spacial score (nSPS) is 15.3.